The van der Waals surface area contributed by atoms with Gasteiger partial charge in [-0.15, -0.1) is 0 Å². The number of carbonyl (C=O) groups is 1. The molecule has 2 aromatic carbocycles. The maximum atomic E-state index is 13.0. The van der Waals surface area contributed by atoms with E-state index < -0.39 is 11.4 Å². The molecular weight excluding hydrogens is 422 g/mol. The molecule has 8 heteroatoms. The first-order valence-electron chi connectivity index (χ1n) is 9.91. The quantitative estimate of drug-likeness (QED) is 0.362. The van der Waals surface area contributed by atoms with Crippen LogP contribution in [0.2, 0.25) is 0 Å². The molecule has 0 saturated carbocycles. The zero-order valence-corrected chi connectivity index (χ0v) is 17.9. The van der Waals surface area contributed by atoms with Crippen molar-refractivity contribution in [3.63, 3.8) is 0 Å². The van der Waals surface area contributed by atoms with Crippen LogP contribution < -0.4 is 15.4 Å². The Kier molecular flexibility index (Phi) is 6.96. The normalized spacial score (nSPS) is 11.4. The fourth-order valence-electron chi connectivity index (χ4n) is 3.04. The fourth-order valence-corrected chi connectivity index (χ4v) is 4.09. The highest BCUT2D eigenvalue weighted by Gasteiger charge is 2.18. The summed E-state index contributed by atoms with van der Waals surface area (Å²) in [6, 6.07) is 21.7. The number of nitrogens with one attached hydrogen (secondary N) is 3. The topological polar surface area (TPSA) is 102 Å². The van der Waals surface area contributed by atoms with Gasteiger partial charge in [-0.25, -0.2) is 9.52 Å². The highest BCUT2D eigenvalue weighted by atomic mass is 32.2. The van der Waals surface area contributed by atoms with Crippen LogP contribution in [0.5, 0.6) is 0 Å². The number of hydrogen-bond donors (Lipinski definition) is 3. The predicted molar refractivity (Wildman–Crippen MR) is 126 cm³/mol. The summed E-state index contributed by atoms with van der Waals surface area (Å²) in [4.78, 5) is 20.8. The van der Waals surface area contributed by atoms with Crippen LogP contribution in [-0.2, 0) is 17.9 Å². The number of urea groups is 1. The number of benzene rings is 2. The second-order valence-electron chi connectivity index (χ2n) is 6.85. The van der Waals surface area contributed by atoms with E-state index in [1.54, 1.807) is 49.1 Å². The lowest BCUT2D eigenvalue weighted by Crippen LogP contribution is -2.28. The van der Waals surface area contributed by atoms with Crippen molar-refractivity contribution < 1.29 is 9.35 Å². The Morgan fingerprint density at radius 1 is 0.844 bits per heavy atom. The van der Waals surface area contributed by atoms with E-state index in [0.717, 1.165) is 16.7 Å². The number of nitrogens with zero attached hydrogens (tertiary/aromatic N) is 2. The summed E-state index contributed by atoms with van der Waals surface area (Å²) in [6.07, 6.45) is 6.81. The first kappa shape index (κ1) is 21.4. The molecule has 0 fully saturated rings. The van der Waals surface area contributed by atoms with E-state index in [2.05, 4.69) is 25.3 Å². The van der Waals surface area contributed by atoms with Crippen molar-refractivity contribution in [2.45, 2.75) is 11.4 Å². The van der Waals surface area contributed by atoms with Crippen LogP contribution in [-0.4, -0.2) is 20.6 Å². The minimum atomic E-state index is -1.46. The maximum Gasteiger partial charge on any atom is 0.319 e. The summed E-state index contributed by atoms with van der Waals surface area (Å²) < 4.78 is 16.0. The molecular formula is C24H21N5O2S. The van der Waals surface area contributed by atoms with Gasteiger partial charge in [-0.3, -0.25) is 9.97 Å². The zero-order chi connectivity index (χ0) is 22.2. The molecule has 7 nitrogen and oxygen atoms in total. The molecule has 0 aliphatic heterocycles. The number of rotatable bonds is 7. The van der Waals surface area contributed by atoms with E-state index >= 15 is 0 Å². The van der Waals surface area contributed by atoms with E-state index in [1.807, 2.05) is 48.5 Å². The van der Waals surface area contributed by atoms with Gasteiger partial charge in [0.05, 0.1) is 5.69 Å². The van der Waals surface area contributed by atoms with Gasteiger partial charge >= 0.3 is 6.03 Å². The van der Waals surface area contributed by atoms with Gasteiger partial charge in [-0.2, -0.15) is 0 Å². The van der Waals surface area contributed by atoms with Crippen LogP contribution in [0.4, 0.5) is 16.2 Å². The van der Waals surface area contributed by atoms with E-state index in [9.17, 15) is 9.35 Å². The molecule has 0 aliphatic rings. The third-order valence-corrected chi connectivity index (χ3v) is 5.78. The molecule has 3 N–H and O–H groups in total. The Bertz CT molecular complexity index is 1160. The smallest absolute Gasteiger partial charge is 0.319 e. The van der Waals surface area contributed by atoms with Crippen LogP contribution in [0.3, 0.4) is 0 Å². The first-order chi connectivity index (χ1) is 15.7. The number of anilines is 2. The first-order valence-corrected chi connectivity index (χ1v) is 11.1. The van der Waals surface area contributed by atoms with Crippen LogP contribution in [0, 0.1) is 0 Å². The highest BCUT2D eigenvalue weighted by Crippen LogP contribution is 2.28. The van der Waals surface area contributed by atoms with Crippen molar-refractivity contribution in [3.05, 3.63) is 103 Å². The second-order valence-corrected chi connectivity index (χ2v) is 8.03. The number of carbonyl (C=O) groups excluding carboxylic acids is 1. The van der Waals surface area contributed by atoms with Gasteiger partial charge in [0.15, 0.2) is 4.90 Å². The molecule has 0 radical (unpaired) electrons. The Morgan fingerprint density at radius 3 is 2.34 bits per heavy atom. The van der Waals surface area contributed by atoms with Gasteiger partial charge in [0.1, 0.15) is 11.4 Å². The van der Waals surface area contributed by atoms with Crippen LogP contribution >= 0.6 is 0 Å². The molecule has 4 rings (SSSR count). The SMILES string of the molecule is O=C(NCc1cccnc1)Nc1ccc(N[S+]([O-])c2ccccc2-c2ccncc2)cc1. The molecule has 0 aliphatic carbocycles. The average molecular weight is 444 g/mol. The zero-order valence-electron chi connectivity index (χ0n) is 17.1. The molecule has 32 heavy (non-hydrogen) atoms. The van der Waals surface area contributed by atoms with Gasteiger partial charge in [0.2, 0.25) is 0 Å². The van der Waals surface area contributed by atoms with Crippen molar-refractivity contribution in [3.8, 4) is 11.1 Å². The van der Waals surface area contributed by atoms with Crippen molar-refractivity contribution >= 4 is 28.8 Å². The van der Waals surface area contributed by atoms with Crippen molar-refractivity contribution in [1.82, 2.24) is 15.3 Å². The molecule has 160 valence electrons. The summed E-state index contributed by atoms with van der Waals surface area (Å²) in [7, 11) is 0. The van der Waals surface area contributed by atoms with Crippen LogP contribution in [0.25, 0.3) is 11.1 Å². The van der Waals surface area contributed by atoms with E-state index in [-0.39, 0.29) is 6.03 Å². The summed E-state index contributed by atoms with van der Waals surface area (Å²) >= 11 is -1.46. The Morgan fingerprint density at radius 2 is 1.59 bits per heavy atom. The largest absolute Gasteiger partial charge is 0.588 e. The number of aromatic nitrogens is 2. The summed E-state index contributed by atoms with van der Waals surface area (Å²) in [5.74, 6) is 0. The monoisotopic (exact) mass is 443 g/mol. The lowest BCUT2D eigenvalue weighted by molar-refractivity contribution is 0.251. The van der Waals surface area contributed by atoms with E-state index in [4.69, 9.17) is 0 Å². The van der Waals surface area contributed by atoms with E-state index in [1.165, 1.54) is 0 Å². The molecule has 4 aromatic rings. The third kappa shape index (κ3) is 5.63. The average Bonchev–Trinajstić information content (AvgIpc) is 2.85. The van der Waals surface area contributed by atoms with Crippen LogP contribution in [0.15, 0.2) is 102 Å². The molecule has 0 bridgehead atoms. The van der Waals surface area contributed by atoms with Crippen molar-refractivity contribution in [2.75, 3.05) is 10.0 Å². The second kappa shape index (κ2) is 10.4. The number of hydrogen-bond acceptors (Lipinski definition) is 5. The molecule has 0 spiro atoms. The standard InChI is InChI=1S/C24H21N5O2S/c30-24(27-17-18-4-3-13-26-16-18)28-20-7-9-21(10-8-20)29-32(31)23-6-2-1-5-22(23)19-11-14-25-15-12-19/h1-16,29H,17H2,(H2,27,28,30). The Balaban J connectivity index is 1.36. The minimum Gasteiger partial charge on any atom is -0.588 e. The maximum absolute atomic E-state index is 13.0. The summed E-state index contributed by atoms with van der Waals surface area (Å²) in [5.41, 5.74) is 4.04. The van der Waals surface area contributed by atoms with Gasteiger partial charge in [0, 0.05) is 42.6 Å². The van der Waals surface area contributed by atoms with E-state index in [0.29, 0.717) is 22.8 Å². The predicted octanol–water partition coefficient (Wildman–Crippen LogP) is 4.60. The van der Waals surface area contributed by atoms with Crippen LogP contribution in [0.1, 0.15) is 5.56 Å². The Labute approximate surface area is 189 Å². The molecule has 0 saturated heterocycles. The molecule has 1 atom stereocenters. The van der Waals surface area contributed by atoms with Gasteiger partial charge in [-0.1, -0.05) is 18.2 Å². The van der Waals surface area contributed by atoms with Crippen molar-refractivity contribution in [2.24, 2.45) is 0 Å². The fraction of sp³-hybridized carbons (Fsp3) is 0.0417. The Hall–Kier alpha value is -3.88. The molecule has 2 aromatic heterocycles. The lowest BCUT2D eigenvalue weighted by atomic mass is 10.1. The van der Waals surface area contributed by atoms with Gasteiger partial charge in [-0.05, 0) is 65.7 Å². The minimum absolute atomic E-state index is 0.315. The number of amides is 2. The van der Waals surface area contributed by atoms with Gasteiger partial charge in [0.25, 0.3) is 0 Å². The molecule has 2 amide bonds. The van der Waals surface area contributed by atoms with Gasteiger partial charge < -0.3 is 15.2 Å². The summed E-state index contributed by atoms with van der Waals surface area (Å²) in [5, 5.41) is 5.55. The molecule has 2 heterocycles. The number of pyridine rings is 2. The molecule has 1 unspecified atom stereocenters. The highest BCUT2D eigenvalue weighted by molar-refractivity contribution is 7.92. The van der Waals surface area contributed by atoms with Crippen molar-refractivity contribution in [1.29, 1.82) is 0 Å². The lowest BCUT2D eigenvalue weighted by Gasteiger charge is -2.15. The third-order valence-electron chi connectivity index (χ3n) is 4.61. The summed E-state index contributed by atoms with van der Waals surface area (Å²) in [6.45, 7) is 0.384.